The first-order chi connectivity index (χ1) is 12.5. The van der Waals surface area contributed by atoms with E-state index in [9.17, 15) is 14.7 Å². The monoisotopic (exact) mass is 354 g/mol. The standard InChI is InChI=1S/C19H18N2O5/c1-11-6-7-16-14(8-11)21(17(22)10-26-16)18(19(23)24)13-9-25-15-5-3-2-4-12(15)20-13/h2-8,13,18,20H,9-10H2,1H3,(H,23,24). The number of carbonyl (C=O) groups excluding carboxylic acids is 1. The highest BCUT2D eigenvalue weighted by Crippen LogP contribution is 2.36. The molecule has 2 heterocycles. The van der Waals surface area contributed by atoms with Gasteiger partial charge in [-0.05, 0) is 36.8 Å². The van der Waals surface area contributed by atoms with Crippen LogP contribution in [0.4, 0.5) is 11.4 Å². The van der Waals surface area contributed by atoms with E-state index >= 15 is 0 Å². The van der Waals surface area contributed by atoms with Gasteiger partial charge < -0.3 is 19.9 Å². The lowest BCUT2D eigenvalue weighted by atomic mass is 10.0. The van der Waals surface area contributed by atoms with E-state index in [-0.39, 0.29) is 13.2 Å². The van der Waals surface area contributed by atoms with E-state index in [1.54, 1.807) is 12.1 Å². The molecule has 1 amide bonds. The van der Waals surface area contributed by atoms with Gasteiger partial charge in [-0.15, -0.1) is 0 Å². The second-order valence-corrected chi connectivity index (χ2v) is 6.36. The molecule has 0 radical (unpaired) electrons. The van der Waals surface area contributed by atoms with Gasteiger partial charge in [-0.3, -0.25) is 9.69 Å². The van der Waals surface area contributed by atoms with E-state index in [1.165, 1.54) is 4.90 Å². The maximum Gasteiger partial charge on any atom is 0.329 e. The van der Waals surface area contributed by atoms with Gasteiger partial charge in [-0.1, -0.05) is 18.2 Å². The quantitative estimate of drug-likeness (QED) is 0.877. The fourth-order valence-corrected chi connectivity index (χ4v) is 3.35. The summed E-state index contributed by atoms with van der Waals surface area (Å²) in [6.07, 6.45) is 0. The third-order valence-electron chi connectivity index (χ3n) is 4.55. The molecule has 7 nitrogen and oxygen atoms in total. The van der Waals surface area contributed by atoms with E-state index in [0.29, 0.717) is 22.9 Å². The van der Waals surface area contributed by atoms with E-state index in [2.05, 4.69) is 5.32 Å². The number of hydrogen-bond acceptors (Lipinski definition) is 5. The smallest absolute Gasteiger partial charge is 0.329 e. The molecule has 2 aliphatic heterocycles. The van der Waals surface area contributed by atoms with Crippen LogP contribution in [0.15, 0.2) is 42.5 Å². The third-order valence-corrected chi connectivity index (χ3v) is 4.55. The first-order valence-corrected chi connectivity index (χ1v) is 8.31. The van der Waals surface area contributed by atoms with Crippen molar-refractivity contribution in [3.05, 3.63) is 48.0 Å². The molecule has 0 bridgehead atoms. The summed E-state index contributed by atoms with van der Waals surface area (Å²) in [5.74, 6) is -0.333. The van der Waals surface area contributed by atoms with Gasteiger partial charge in [0.25, 0.3) is 5.91 Å². The highest BCUT2D eigenvalue weighted by molar-refractivity contribution is 6.03. The van der Waals surface area contributed by atoms with Crippen molar-refractivity contribution in [2.75, 3.05) is 23.4 Å². The maximum atomic E-state index is 12.6. The number of anilines is 2. The minimum absolute atomic E-state index is 0.139. The third kappa shape index (κ3) is 2.71. The predicted octanol–water partition coefficient (Wildman–Crippen LogP) is 2.05. The molecule has 0 aromatic heterocycles. The van der Waals surface area contributed by atoms with Crippen molar-refractivity contribution >= 4 is 23.3 Å². The Labute approximate surface area is 150 Å². The second kappa shape index (κ2) is 6.25. The fraction of sp³-hybridized carbons (Fsp3) is 0.263. The van der Waals surface area contributed by atoms with Crippen molar-refractivity contribution in [1.82, 2.24) is 0 Å². The molecule has 4 rings (SSSR count). The SMILES string of the molecule is Cc1ccc2c(c1)N(C(C(=O)O)C1COc3ccccc3N1)C(=O)CO2. The number of amides is 1. The first-order valence-electron chi connectivity index (χ1n) is 8.31. The number of fused-ring (bicyclic) bond motifs is 2. The van der Waals surface area contributed by atoms with E-state index in [0.717, 1.165) is 5.56 Å². The minimum atomic E-state index is -1.12. The Morgan fingerprint density at radius 1 is 1.23 bits per heavy atom. The van der Waals surface area contributed by atoms with Crippen LogP contribution in [-0.2, 0) is 9.59 Å². The van der Waals surface area contributed by atoms with Crippen LogP contribution in [-0.4, -0.2) is 42.3 Å². The van der Waals surface area contributed by atoms with Crippen molar-refractivity contribution in [3.8, 4) is 11.5 Å². The average molecular weight is 354 g/mol. The van der Waals surface area contributed by atoms with Crippen LogP contribution in [0.1, 0.15) is 5.56 Å². The van der Waals surface area contributed by atoms with Gasteiger partial charge in [-0.2, -0.15) is 0 Å². The van der Waals surface area contributed by atoms with Crippen LogP contribution >= 0.6 is 0 Å². The summed E-state index contributed by atoms with van der Waals surface area (Å²) < 4.78 is 11.2. The summed E-state index contributed by atoms with van der Waals surface area (Å²) >= 11 is 0. The number of carbonyl (C=O) groups is 2. The van der Waals surface area contributed by atoms with E-state index < -0.39 is 24.0 Å². The van der Waals surface area contributed by atoms with Crippen LogP contribution in [0.2, 0.25) is 0 Å². The van der Waals surface area contributed by atoms with Crippen LogP contribution in [0, 0.1) is 6.92 Å². The van der Waals surface area contributed by atoms with Gasteiger partial charge >= 0.3 is 5.97 Å². The van der Waals surface area contributed by atoms with Crippen LogP contribution in [0.5, 0.6) is 11.5 Å². The Morgan fingerprint density at radius 3 is 2.85 bits per heavy atom. The summed E-state index contributed by atoms with van der Waals surface area (Å²) in [6.45, 7) is 1.83. The van der Waals surface area contributed by atoms with Gasteiger partial charge in [0.2, 0.25) is 0 Å². The normalized spacial score (nSPS) is 19.3. The highest BCUT2D eigenvalue weighted by Gasteiger charge is 2.42. The summed E-state index contributed by atoms with van der Waals surface area (Å²) in [7, 11) is 0. The molecule has 0 aliphatic carbocycles. The van der Waals surface area contributed by atoms with E-state index in [1.807, 2.05) is 37.3 Å². The number of carboxylic acid groups (broad SMARTS) is 1. The van der Waals surface area contributed by atoms with Crippen molar-refractivity contribution in [1.29, 1.82) is 0 Å². The van der Waals surface area contributed by atoms with Gasteiger partial charge in [-0.25, -0.2) is 4.79 Å². The summed E-state index contributed by atoms with van der Waals surface area (Å²) in [5.41, 5.74) is 2.09. The van der Waals surface area contributed by atoms with E-state index in [4.69, 9.17) is 9.47 Å². The van der Waals surface area contributed by atoms with Crippen molar-refractivity contribution in [2.45, 2.75) is 19.0 Å². The van der Waals surface area contributed by atoms with Gasteiger partial charge in [0, 0.05) is 0 Å². The molecule has 7 heteroatoms. The maximum absolute atomic E-state index is 12.6. The Kier molecular flexibility index (Phi) is 3.91. The molecule has 0 fully saturated rings. The number of aryl methyl sites for hydroxylation is 1. The summed E-state index contributed by atoms with van der Waals surface area (Å²) in [6, 6.07) is 11.0. The lowest BCUT2D eigenvalue weighted by molar-refractivity contribution is -0.141. The minimum Gasteiger partial charge on any atom is -0.489 e. The zero-order chi connectivity index (χ0) is 18.3. The van der Waals surface area contributed by atoms with Gasteiger partial charge in [0.1, 0.15) is 18.1 Å². The number of ether oxygens (including phenoxy) is 2. The molecular formula is C19H18N2O5. The Bertz CT molecular complexity index is 882. The molecule has 0 spiro atoms. The topological polar surface area (TPSA) is 88.1 Å². The van der Waals surface area contributed by atoms with Gasteiger partial charge in [0.05, 0.1) is 17.4 Å². The molecule has 2 aromatic rings. The number of nitrogens with one attached hydrogen (secondary N) is 1. The molecule has 2 unspecified atom stereocenters. The Morgan fingerprint density at radius 2 is 2.04 bits per heavy atom. The Hall–Kier alpha value is -3.22. The molecule has 2 N–H and O–H groups in total. The number of para-hydroxylation sites is 2. The molecule has 0 saturated carbocycles. The molecule has 0 saturated heterocycles. The average Bonchev–Trinajstić information content (AvgIpc) is 2.63. The fourth-order valence-electron chi connectivity index (χ4n) is 3.35. The second-order valence-electron chi connectivity index (χ2n) is 6.36. The molecule has 2 atom stereocenters. The van der Waals surface area contributed by atoms with Crippen molar-refractivity contribution in [2.24, 2.45) is 0 Å². The molecule has 2 aliphatic rings. The number of benzene rings is 2. The van der Waals surface area contributed by atoms with Crippen molar-refractivity contribution < 1.29 is 24.2 Å². The van der Waals surface area contributed by atoms with Crippen LogP contribution in [0.3, 0.4) is 0 Å². The zero-order valence-corrected chi connectivity index (χ0v) is 14.1. The molecule has 134 valence electrons. The lowest BCUT2D eigenvalue weighted by Crippen LogP contribution is -2.59. The number of hydrogen-bond donors (Lipinski definition) is 2. The van der Waals surface area contributed by atoms with Gasteiger partial charge in [0.15, 0.2) is 12.6 Å². The van der Waals surface area contributed by atoms with Crippen LogP contribution < -0.4 is 19.7 Å². The number of aliphatic carboxylic acids is 1. The lowest BCUT2D eigenvalue weighted by Gasteiger charge is -2.39. The van der Waals surface area contributed by atoms with Crippen molar-refractivity contribution in [3.63, 3.8) is 0 Å². The molecule has 26 heavy (non-hydrogen) atoms. The summed E-state index contributed by atoms with van der Waals surface area (Å²) in [4.78, 5) is 26.0. The molecule has 2 aromatic carbocycles. The summed E-state index contributed by atoms with van der Waals surface area (Å²) in [5, 5.41) is 13.1. The predicted molar refractivity (Wildman–Crippen MR) is 94.9 cm³/mol. The Balaban J connectivity index is 1.73. The van der Waals surface area contributed by atoms with Crippen LogP contribution in [0.25, 0.3) is 0 Å². The molecular weight excluding hydrogens is 336 g/mol. The number of nitrogens with zero attached hydrogens (tertiary/aromatic N) is 1. The number of rotatable bonds is 3. The number of carboxylic acids is 1. The zero-order valence-electron chi connectivity index (χ0n) is 14.1. The first kappa shape index (κ1) is 16.3. The highest BCUT2D eigenvalue weighted by atomic mass is 16.5. The largest absolute Gasteiger partial charge is 0.489 e.